The van der Waals surface area contributed by atoms with Crippen molar-refractivity contribution in [2.45, 2.75) is 0 Å². The van der Waals surface area contributed by atoms with Gasteiger partial charge in [-0.25, -0.2) is 4.72 Å². The number of halogens is 1. The number of benzene rings is 1. The molecule has 0 bridgehead atoms. The molecule has 14 heavy (non-hydrogen) atoms. The first kappa shape index (κ1) is 9.29. The van der Waals surface area contributed by atoms with Gasteiger partial charge in [0.2, 0.25) is 0 Å². The van der Waals surface area contributed by atoms with Gasteiger partial charge in [0.05, 0.1) is 5.56 Å². The standard InChI is InChI=1S/C7H4ClNO4S/c8-4-1-2-6-5(3-4)7(10)9-14(11,12)13-6/h1-3H,(H,9,10). The third-order valence-corrected chi connectivity index (χ3v) is 2.67. The summed E-state index contributed by atoms with van der Waals surface area (Å²) in [6.07, 6.45) is 0. The molecule has 0 radical (unpaired) electrons. The molecule has 0 spiro atoms. The number of hydrogen-bond acceptors (Lipinski definition) is 4. The summed E-state index contributed by atoms with van der Waals surface area (Å²) in [6, 6.07) is 4.10. The van der Waals surface area contributed by atoms with Gasteiger partial charge in [-0.3, -0.25) is 4.79 Å². The number of fused-ring (bicyclic) bond motifs is 1. The summed E-state index contributed by atoms with van der Waals surface area (Å²) < 4.78 is 28.1. The largest absolute Gasteiger partial charge is 0.410 e. The maximum Gasteiger partial charge on any atom is 0.410 e. The lowest BCUT2D eigenvalue weighted by Gasteiger charge is -2.16. The number of amides is 1. The number of rotatable bonds is 0. The highest BCUT2D eigenvalue weighted by atomic mass is 35.5. The molecule has 0 saturated carbocycles. The van der Waals surface area contributed by atoms with E-state index in [1.165, 1.54) is 18.2 Å². The molecule has 1 amide bonds. The Labute approximate surface area is 84.9 Å². The molecule has 0 fully saturated rings. The number of carbonyl (C=O) groups is 1. The van der Waals surface area contributed by atoms with E-state index in [0.29, 0.717) is 5.02 Å². The van der Waals surface area contributed by atoms with Gasteiger partial charge in [-0.1, -0.05) is 11.6 Å². The second-order valence-corrected chi connectivity index (χ2v) is 4.32. The van der Waals surface area contributed by atoms with E-state index in [2.05, 4.69) is 4.18 Å². The Morgan fingerprint density at radius 2 is 2.07 bits per heavy atom. The molecular weight excluding hydrogens is 230 g/mol. The summed E-state index contributed by atoms with van der Waals surface area (Å²) in [6.45, 7) is 0. The van der Waals surface area contributed by atoms with Crippen LogP contribution >= 0.6 is 11.6 Å². The number of hydrogen-bond donors (Lipinski definition) is 1. The molecular formula is C7H4ClNO4S. The Balaban J connectivity index is 2.62. The van der Waals surface area contributed by atoms with E-state index in [1.54, 1.807) is 4.72 Å². The van der Waals surface area contributed by atoms with E-state index in [4.69, 9.17) is 11.6 Å². The fourth-order valence-electron chi connectivity index (χ4n) is 1.06. The van der Waals surface area contributed by atoms with Crippen LogP contribution < -0.4 is 8.91 Å². The minimum atomic E-state index is -4.00. The van der Waals surface area contributed by atoms with Gasteiger partial charge in [-0.2, -0.15) is 8.42 Å². The van der Waals surface area contributed by atoms with Crippen LogP contribution in [0.15, 0.2) is 18.2 Å². The quantitative estimate of drug-likeness (QED) is 0.716. The molecule has 1 aliphatic heterocycles. The fraction of sp³-hybridized carbons (Fsp3) is 0. The SMILES string of the molecule is O=C1NS(=O)(=O)Oc2ccc(Cl)cc21. The molecule has 74 valence electrons. The molecule has 7 heteroatoms. The van der Waals surface area contributed by atoms with Crippen molar-refractivity contribution in [3.05, 3.63) is 28.8 Å². The smallest absolute Gasteiger partial charge is 0.366 e. The molecule has 1 aromatic carbocycles. The summed E-state index contributed by atoms with van der Waals surface area (Å²) in [5.74, 6) is -0.757. The molecule has 2 rings (SSSR count). The number of nitrogens with one attached hydrogen (secondary N) is 1. The molecule has 1 aliphatic rings. The first-order valence-corrected chi connectivity index (χ1v) is 5.33. The van der Waals surface area contributed by atoms with Crippen LogP contribution in [0.4, 0.5) is 0 Å². The Morgan fingerprint density at radius 3 is 2.79 bits per heavy atom. The predicted molar refractivity (Wildman–Crippen MR) is 48.5 cm³/mol. The average molecular weight is 234 g/mol. The van der Waals surface area contributed by atoms with Crippen LogP contribution in [0.25, 0.3) is 0 Å². The minimum absolute atomic E-state index is 0.0156. The summed E-state index contributed by atoms with van der Waals surface area (Å²) in [5, 5.41) is 0.335. The van der Waals surface area contributed by atoms with Crippen molar-refractivity contribution >= 4 is 27.8 Å². The topological polar surface area (TPSA) is 72.5 Å². The third kappa shape index (κ3) is 1.53. The second-order valence-electron chi connectivity index (χ2n) is 2.61. The highest BCUT2D eigenvalue weighted by Gasteiger charge is 2.28. The maximum absolute atomic E-state index is 11.2. The second kappa shape index (κ2) is 2.86. The van der Waals surface area contributed by atoms with Gasteiger partial charge in [-0.15, -0.1) is 0 Å². The van der Waals surface area contributed by atoms with E-state index >= 15 is 0 Å². The summed E-state index contributed by atoms with van der Waals surface area (Å²) >= 11 is 5.63. The molecule has 0 aromatic heterocycles. The van der Waals surface area contributed by atoms with E-state index in [-0.39, 0.29) is 11.3 Å². The fourth-order valence-corrected chi connectivity index (χ4v) is 1.99. The van der Waals surface area contributed by atoms with Gasteiger partial charge < -0.3 is 4.18 Å². The van der Waals surface area contributed by atoms with E-state index < -0.39 is 16.2 Å². The highest BCUT2D eigenvalue weighted by Crippen LogP contribution is 2.26. The average Bonchev–Trinajstić information content (AvgIpc) is 2.05. The van der Waals surface area contributed by atoms with Crippen molar-refractivity contribution < 1.29 is 17.4 Å². The molecule has 5 nitrogen and oxygen atoms in total. The van der Waals surface area contributed by atoms with E-state index in [9.17, 15) is 13.2 Å². The highest BCUT2D eigenvalue weighted by molar-refractivity contribution is 7.85. The zero-order valence-corrected chi connectivity index (χ0v) is 8.22. The van der Waals surface area contributed by atoms with Crippen molar-refractivity contribution in [1.29, 1.82) is 0 Å². The zero-order chi connectivity index (χ0) is 10.3. The van der Waals surface area contributed by atoms with Gasteiger partial charge in [0.25, 0.3) is 5.91 Å². The first-order chi connectivity index (χ1) is 6.48. The predicted octanol–water partition coefficient (Wildman–Crippen LogP) is 0.707. The van der Waals surface area contributed by atoms with Gasteiger partial charge in [0.1, 0.15) is 0 Å². The van der Waals surface area contributed by atoms with E-state index in [1.807, 2.05) is 0 Å². The van der Waals surface area contributed by atoms with Gasteiger partial charge in [0, 0.05) is 5.02 Å². The van der Waals surface area contributed by atoms with Crippen LogP contribution in [0.2, 0.25) is 5.02 Å². The molecule has 1 heterocycles. The van der Waals surface area contributed by atoms with Crippen molar-refractivity contribution in [3.8, 4) is 5.75 Å². The molecule has 1 N–H and O–H groups in total. The van der Waals surface area contributed by atoms with Gasteiger partial charge in [0.15, 0.2) is 5.75 Å². The maximum atomic E-state index is 11.2. The van der Waals surface area contributed by atoms with Crippen LogP contribution in [-0.2, 0) is 10.3 Å². The van der Waals surface area contributed by atoms with Crippen LogP contribution in [-0.4, -0.2) is 14.3 Å². The lowest BCUT2D eigenvalue weighted by molar-refractivity contribution is 0.0970. The van der Waals surface area contributed by atoms with Crippen molar-refractivity contribution in [2.75, 3.05) is 0 Å². The Kier molecular flexibility index (Phi) is 1.90. The number of carbonyl (C=O) groups excluding carboxylic acids is 1. The van der Waals surface area contributed by atoms with Crippen molar-refractivity contribution in [2.24, 2.45) is 0 Å². The van der Waals surface area contributed by atoms with Crippen molar-refractivity contribution in [3.63, 3.8) is 0 Å². The Bertz CT molecular complexity index is 510. The van der Waals surface area contributed by atoms with Crippen LogP contribution in [0.1, 0.15) is 10.4 Å². The molecule has 0 aliphatic carbocycles. The normalized spacial score (nSPS) is 17.9. The summed E-state index contributed by atoms with van der Waals surface area (Å²) in [5.41, 5.74) is 0.104. The molecule has 0 atom stereocenters. The molecule has 1 aromatic rings. The summed E-state index contributed by atoms with van der Waals surface area (Å²) in [4.78, 5) is 11.2. The summed E-state index contributed by atoms with van der Waals surface area (Å²) in [7, 11) is -4.00. The van der Waals surface area contributed by atoms with Gasteiger partial charge in [-0.05, 0) is 18.2 Å². The van der Waals surface area contributed by atoms with Crippen LogP contribution in [0, 0.1) is 0 Å². The van der Waals surface area contributed by atoms with Crippen molar-refractivity contribution in [1.82, 2.24) is 4.72 Å². The van der Waals surface area contributed by atoms with Crippen LogP contribution in [0.3, 0.4) is 0 Å². The van der Waals surface area contributed by atoms with E-state index in [0.717, 1.165) is 0 Å². The molecule has 0 unspecified atom stereocenters. The lowest BCUT2D eigenvalue weighted by atomic mass is 10.2. The lowest BCUT2D eigenvalue weighted by Crippen LogP contribution is -2.38. The third-order valence-electron chi connectivity index (χ3n) is 1.60. The zero-order valence-electron chi connectivity index (χ0n) is 6.65. The monoisotopic (exact) mass is 233 g/mol. The molecule has 0 saturated heterocycles. The Hall–Kier alpha value is -1.27. The minimum Gasteiger partial charge on any atom is -0.366 e. The van der Waals surface area contributed by atoms with Crippen LogP contribution in [0.5, 0.6) is 5.75 Å². The first-order valence-electron chi connectivity index (χ1n) is 3.54. The van der Waals surface area contributed by atoms with Gasteiger partial charge >= 0.3 is 10.3 Å². The Morgan fingerprint density at radius 1 is 1.36 bits per heavy atom.